The van der Waals surface area contributed by atoms with Gasteiger partial charge in [0.25, 0.3) is 5.56 Å². The number of pyridine rings is 1. The van der Waals surface area contributed by atoms with Crippen LogP contribution in [0.5, 0.6) is 0 Å². The minimum atomic E-state index is -0.273. The Morgan fingerprint density at radius 2 is 1.94 bits per heavy atom. The fourth-order valence-electron chi connectivity index (χ4n) is 1.76. The summed E-state index contributed by atoms with van der Waals surface area (Å²) in [5.41, 5.74) is 2.72. The molecule has 1 aromatic carbocycles. The van der Waals surface area contributed by atoms with Crippen LogP contribution in [0.2, 0.25) is 0 Å². The lowest BCUT2D eigenvalue weighted by molar-refractivity contribution is 0.621. The highest BCUT2D eigenvalue weighted by atomic mass is 127. The molecule has 0 spiro atoms. The van der Waals surface area contributed by atoms with Crippen LogP contribution in [0.4, 0.5) is 4.39 Å². The van der Waals surface area contributed by atoms with Gasteiger partial charge in [-0.25, -0.2) is 4.39 Å². The van der Waals surface area contributed by atoms with Crippen LogP contribution in [0.3, 0.4) is 0 Å². The predicted molar refractivity (Wildman–Crippen MR) is 78.4 cm³/mol. The Morgan fingerprint density at radius 3 is 2.67 bits per heavy atom. The van der Waals surface area contributed by atoms with Crippen molar-refractivity contribution in [2.45, 2.75) is 20.4 Å². The molecule has 0 aliphatic heterocycles. The van der Waals surface area contributed by atoms with Gasteiger partial charge in [0.15, 0.2) is 0 Å². The third-order valence-corrected chi connectivity index (χ3v) is 4.05. The summed E-state index contributed by atoms with van der Waals surface area (Å²) >= 11 is 2.19. The van der Waals surface area contributed by atoms with Crippen LogP contribution >= 0.6 is 22.6 Å². The first-order valence-electron chi connectivity index (χ1n) is 5.59. The molecule has 1 aromatic heterocycles. The van der Waals surface area contributed by atoms with Crippen molar-refractivity contribution < 1.29 is 4.39 Å². The van der Waals surface area contributed by atoms with E-state index in [0.29, 0.717) is 6.54 Å². The second-order valence-electron chi connectivity index (χ2n) is 4.34. The number of hydrogen-bond donors (Lipinski definition) is 0. The maximum absolute atomic E-state index is 13.2. The molecular formula is C14H13FINO. The van der Waals surface area contributed by atoms with E-state index < -0.39 is 0 Å². The summed E-state index contributed by atoms with van der Waals surface area (Å²) in [6, 6.07) is 6.25. The lowest BCUT2D eigenvalue weighted by atomic mass is 10.1. The van der Waals surface area contributed by atoms with E-state index in [-0.39, 0.29) is 11.4 Å². The monoisotopic (exact) mass is 357 g/mol. The average Bonchev–Trinajstić information content (AvgIpc) is 2.30. The summed E-state index contributed by atoms with van der Waals surface area (Å²) < 4.78 is 15.8. The largest absolute Gasteiger partial charge is 0.310 e. The van der Waals surface area contributed by atoms with Gasteiger partial charge in [-0.05, 0) is 65.3 Å². The second kappa shape index (κ2) is 5.22. The summed E-state index contributed by atoms with van der Waals surface area (Å²) in [7, 11) is 0. The highest BCUT2D eigenvalue weighted by molar-refractivity contribution is 14.1. The molecule has 0 saturated heterocycles. The van der Waals surface area contributed by atoms with Crippen LogP contribution in [0, 0.1) is 23.2 Å². The van der Waals surface area contributed by atoms with E-state index in [9.17, 15) is 9.18 Å². The number of hydrogen-bond acceptors (Lipinski definition) is 1. The average molecular weight is 357 g/mol. The van der Waals surface area contributed by atoms with Gasteiger partial charge in [0.1, 0.15) is 5.82 Å². The molecule has 0 aliphatic carbocycles. The van der Waals surface area contributed by atoms with Crippen LogP contribution in [-0.4, -0.2) is 4.57 Å². The Kier molecular flexibility index (Phi) is 3.85. The molecule has 0 amide bonds. The second-order valence-corrected chi connectivity index (χ2v) is 5.50. The highest BCUT2D eigenvalue weighted by Crippen LogP contribution is 2.13. The maximum atomic E-state index is 13.2. The van der Waals surface area contributed by atoms with Crippen molar-refractivity contribution in [2.75, 3.05) is 0 Å². The fourth-order valence-corrected chi connectivity index (χ4v) is 2.25. The Morgan fingerprint density at radius 1 is 1.22 bits per heavy atom. The van der Waals surface area contributed by atoms with Crippen molar-refractivity contribution in [1.29, 1.82) is 0 Å². The lowest BCUT2D eigenvalue weighted by Crippen LogP contribution is -2.21. The van der Waals surface area contributed by atoms with Crippen LogP contribution in [0.15, 0.2) is 35.3 Å². The smallest absolute Gasteiger partial charge is 0.251 e. The molecule has 0 saturated carbocycles. The molecular weight excluding hydrogens is 344 g/mol. The summed E-state index contributed by atoms with van der Waals surface area (Å²) in [6.45, 7) is 4.22. The van der Waals surface area contributed by atoms with Crippen molar-refractivity contribution in [3.8, 4) is 0 Å². The Balaban J connectivity index is 2.43. The molecule has 0 atom stereocenters. The Bertz CT molecular complexity index is 649. The standard InChI is InChI=1S/C14H13FINO/c1-9-3-4-12(15)6-11(9)7-17-8-13(16)10(2)5-14(17)18/h3-6,8H,7H2,1-2H3. The van der Waals surface area contributed by atoms with E-state index in [4.69, 9.17) is 0 Å². The van der Waals surface area contributed by atoms with Gasteiger partial charge >= 0.3 is 0 Å². The first kappa shape index (κ1) is 13.3. The summed E-state index contributed by atoms with van der Waals surface area (Å²) in [6.07, 6.45) is 1.81. The van der Waals surface area contributed by atoms with Crippen molar-refractivity contribution in [2.24, 2.45) is 0 Å². The van der Waals surface area contributed by atoms with E-state index >= 15 is 0 Å². The zero-order valence-electron chi connectivity index (χ0n) is 10.2. The normalized spacial score (nSPS) is 10.7. The molecule has 0 fully saturated rings. The van der Waals surface area contributed by atoms with Crippen molar-refractivity contribution in [1.82, 2.24) is 4.57 Å². The van der Waals surface area contributed by atoms with Gasteiger partial charge in [0.05, 0.1) is 6.54 Å². The van der Waals surface area contributed by atoms with Crippen molar-refractivity contribution in [3.05, 3.63) is 66.9 Å². The van der Waals surface area contributed by atoms with E-state index in [0.717, 1.165) is 20.3 Å². The first-order chi connectivity index (χ1) is 8.47. The molecule has 1 heterocycles. The van der Waals surface area contributed by atoms with E-state index in [1.807, 2.05) is 20.0 Å². The molecule has 4 heteroatoms. The van der Waals surface area contributed by atoms with Crippen molar-refractivity contribution in [3.63, 3.8) is 0 Å². The molecule has 18 heavy (non-hydrogen) atoms. The molecule has 2 rings (SSSR count). The SMILES string of the molecule is Cc1cc(=O)n(Cc2cc(F)ccc2C)cc1I. The molecule has 0 unspecified atom stereocenters. The minimum Gasteiger partial charge on any atom is -0.310 e. The molecule has 2 aromatic rings. The summed E-state index contributed by atoms with van der Waals surface area (Å²) in [4.78, 5) is 11.9. The fraction of sp³-hybridized carbons (Fsp3) is 0.214. The molecule has 0 N–H and O–H groups in total. The van der Waals surface area contributed by atoms with Crippen LogP contribution in [-0.2, 0) is 6.54 Å². The predicted octanol–water partition coefficient (Wildman–Crippen LogP) is 3.26. The highest BCUT2D eigenvalue weighted by Gasteiger charge is 2.05. The van der Waals surface area contributed by atoms with Gasteiger partial charge in [0, 0.05) is 15.8 Å². The maximum Gasteiger partial charge on any atom is 0.251 e. The Hall–Kier alpha value is -1.17. The first-order valence-corrected chi connectivity index (χ1v) is 6.67. The third-order valence-electron chi connectivity index (χ3n) is 2.92. The number of aromatic nitrogens is 1. The van der Waals surface area contributed by atoms with Crippen LogP contribution in [0.1, 0.15) is 16.7 Å². The van der Waals surface area contributed by atoms with Gasteiger partial charge < -0.3 is 4.57 Å². The van der Waals surface area contributed by atoms with Crippen molar-refractivity contribution >= 4 is 22.6 Å². The Labute approximate surface area is 119 Å². The molecule has 2 nitrogen and oxygen atoms in total. The number of aryl methyl sites for hydroxylation is 2. The van der Waals surface area contributed by atoms with Gasteiger partial charge in [-0.3, -0.25) is 4.79 Å². The number of benzene rings is 1. The zero-order chi connectivity index (χ0) is 13.3. The van der Waals surface area contributed by atoms with Gasteiger partial charge in [-0.1, -0.05) is 6.07 Å². The van der Waals surface area contributed by atoms with E-state index in [1.54, 1.807) is 16.7 Å². The molecule has 0 radical (unpaired) electrons. The lowest BCUT2D eigenvalue weighted by Gasteiger charge is -2.10. The van der Waals surface area contributed by atoms with E-state index in [2.05, 4.69) is 22.6 Å². The van der Waals surface area contributed by atoms with Gasteiger partial charge in [-0.15, -0.1) is 0 Å². The van der Waals surface area contributed by atoms with Crippen LogP contribution < -0.4 is 5.56 Å². The molecule has 0 bridgehead atoms. The quantitative estimate of drug-likeness (QED) is 0.757. The van der Waals surface area contributed by atoms with E-state index in [1.165, 1.54) is 12.1 Å². The topological polar surface area (TPSA) is 22.0 Å². The number of nitrogens with zero attached hydrogens (tertiary/aromatic N) is 1. The molecule has 94 valence electrons. The molecule has 0 aliphatic rings. The number of rotatable bonds is 2. The van der Waals surface area contributed by atoms with Crippen LogP contribution in [0.25, 0.3) is 0 Å². The summed E-state index contributed by atoms with van der Waals surface area (Å²) in [5.74, 6) is -0.273. The number of halogens is 2. The van der Waals surface area contributed by atoms with Gasteiger partial charge in [0.2, 0.25) is 0 Å². The summed E-state index contributed by atoms with van der Waals surface area (Å²) in [5, 5.41) is 0. The third kappa shape index (κ3) is 2.80. The zero-order valence-corrected chi connectivity index (χ0v) is 12.4. The minimum absolute atomic E-state index is 0.0587. The van der Waals surface area contributed by atoms with Gasteiger partial charge in [-0.2, -0.15) is 0 Å².